The Morgan fingerprint density at radius 3 is 2.30 bits per heavy atom. The van der Waals surface area contributed by atoms with Crippen LogP contribution in [0.4, 0.5) is 5.82 Å². The second-order valence-electron chi connectivity index (χ2n) is 19.3. The Morgan fingerprint density at radius 2 is 1.58 bits per heavy atom. The Kier molecular flexibility index (Phi) is 12.1. The summed E-state index contributed by atoms with van der Waals surface area (Å²) in [5.41, 5.74) is 14.7. The number of aromatic nitrogens is 5. The van der Waals surface area contributed by atoms with Crippen LogP contribution in [0.1, 0.15) is 84.6 Å². The lowest BCUT2D eigenvalue weighted by molar-refractivity contribution is -0.135. The predicted octanol–water partition coefficient (Wildman–Crippen LogP) is 5.29. The Hall–Kier alpha value is -6.16. The molecular weight excluding hydrogens is 831 g/mol. The Balaban J connectivity index is 0.673. The smallest absolute Gasteiger partial charge is 0.329 e. The first-order valence-corrected chi connectivity index (χ1v) is 23.7. The molecule has 66 heavy (non-hydrogen) atoms. The number of pyridine rings is 2. The number of imidazole rings is 1. The summed E-state index contributed by atoms with van der Waals surface area (Å²) >= 11 is 0. The summed E-state index contributed by atoms with van der Waals surface area (Å²) < 4.78 is 5.36. The number of imide groups is 1. The lowest BCUT2D eigenvalue weighted by Crippen LogP contribution is -2.53. The molecule has 4 aliphatic heterocycles. The lowest BCUT2D eigenvalue weighted by atomic mass is 9.88. The van der Waals surface area contributed by atoms with Crippen LogP contribution >= 0.6 is 0 Å². The van der Waals surface area contributed by atoms with Crippen LogP contribution in [-0.4, -0.2) is 119 Å². The van der Waals surface area contributed by atoms with Crippen molar-refractivity contribution in [1.82, 2.24) is 48.6 Å². The van der Waals surface area contributed by atoms with E-state index in [-0.39, 0.29) is 23.9 Å². The molecule has 15 nitrogen and oxygen atoms in total. The average Bonchev–Trinajstić information content (AvgIpc) is 3.77. The molecule has 0 radical (unpaired) electrons. The molecule has 0 spiro atoms. The first-order chi connectivity index (χ1) is 32.0. The third-order valence-electron chi connectivity index (χ3n) is 15.1. The minimum Gasteiger partial charge on any atom is -0.384 e. The van der Waals surface area contributed by atoms with Crippen molar-refractivity contribution < 1.29 is 14.4 Å². The van der Waals surface area contributed by atoms with Gasteiger partial charge in [0.1, 0.15) is 17.5 Å². The van der Waals surface area contributed by atoms with Gasteiger partial charge in [-0.15, -0.1) is 0 Å². The third kappa shape index (κ3) is 8.67. The highest BCUT2D eigenvalue weighted by molar-refractivity contribution is 6.00. The van der Waals surface area contributed by atoms with Gasteiger partial charge in [-0.1, -0.05) is 18.2 Å². The second-order valence-corrected chi connectivity index (χ2v) is 19.3. The van der Waals surface area contributed by atoms with Crippen molar-refractivity contribution in [2.45, 2.75) is 76.5 Å². The number of carbonyl (C=O) groups is 3. The topological polar surface area (TPSA) is 160 Å². The quantitative estimate of drug-likeness (QED) is 0.173. The molecule has 10 rings (SSSR count). The van der Waals surface area contributed by atoms with Gasteiger partial charge >= 0.3 is 5.69 Å². The summed E-state index contributed by atoms with van der Waals surface area (Å²) in [4.78, 5) is 70.0. The molecule has 4 fully saturated rings. The van der Waals surface area contributed by atoms with Crippen LogP contribution in [0.3, 0.4) is 0 Å². The van der Waals surface area contributed by atoms with E-state index < -0.39 is 11.9 Å². The molecule has 0 bridgehead atoms. The summed E-state index contributed by atoms with van der Waals surface area (Å²) in [6.07, 6.45) is 8.44. The number of fused-ring (bicyclic) bond motifs is 2. The first-order valence-electron chi connectivity index (χ1n) is 23.7. The fourth-order valence-corrected chi connectivity index (χ4v) is 11.1. The number of nitrogen functional groups attached to an aromatic ring is 1. The molecule has 3 N–H and O–H groups in total. The van der Waals surface area contributed by atoms with Gasteiger partial charge in [0.2, 0.25) is 11.8 Å². The van der Waals surface area contributed by atoms with Crippen molar-refractivity contribution in [3.8, 4) is 11.1 Å². The zero-order valence-electron chi connectivity index (χ0n) is 38.4. The van der Waals surface area contributed by atoms with Crippen LogP contribution in [0.5, 0.6) is 0 Å². The summed E-state index contributed by atoms with van der Waals surface area (Å²) in [5.74, 6) is 0.989. The number of nitrogens with two attached hydrogens (primary N) is 1. The fourth-order valence-electron chi connectivity index (χ4n) is 11.1. The SMILES string of the molecule is C[C@@H]1CN(Cc2ccc3c(c2)n(C)c(=O)n3C2CCC(=O)NC2=O)CCN1CC1CCN(C(=O)c2ccc(C3CCN(Cc4cc5c(-c6ccc(N)nc6)ccnc5n4C)CC3)cc2)CC1. The lowest BCUT2D eigenvalue weighted by Gasteiger charge is -2.42. The number of piperidine rings is 3. The Bertz CT molecular complexity index is 2830. The van der Waals surface area contributed by atoms with Crippen molar-refractivity contribution in [3.05, 3.63) is 112 Å². The molecule has 15 heteroatoms. The minimum atomic E-state index is -0.686. The molecule has 4 saturated heterocycles. The second kappa shape index (κ2) is 18.3. The molecule has 6 aromatic rings. The molecule has 1 unspecified atom stereocenters. The molecular formula is C51H61N11O4. The summed E-state index contributed by atoms with van der Waals surface area (Å²) in [5, 5.41) is 3.51. The fraction of sp³-hybridized carbons (Fsp3) is 0.451. The van der Waals surface area contributed by atoms with E-state index in [0.717, 1.165) is 130 Å². The average molecular weight is 892 g/mol. The Labute approximate surface area is 385 Å². The molecule has 0 saturated carbocycles. The van der Waals surface area contributed by atoms with Gasteiger partial charge in [-0.3, -0.25) is 43.5 Å². The highest BCUT2D eigenvalue weighted by Crippen LogP contribution is 2.33. The van der Waals surface area contributed by atoms with E-state index in [4.69, 9.17) is 10.7 Å². The van der Waals surface area contributed by atoms with E-state index in [1.807, 2.05) is 48.8 Å². The van der Waals surface area contributed by atoms with Crippen LogP contribution in [0.25, 0.3) is 33.2 Å². The van der Waals surface area contributed by atoms with E-state index >= 15 is 0 Å². The molecule has 2 atom stereocenters. The van der Waals surface area contributed by atoms with E-state index in [2.05, 4.69) is 78.8 Å². The van der Waals surface area contributed by atoms with Gasteiger partial charge in [0.05, 0.1) is 11.0 Å². The third-order valence-corrected chi connectivity index (χ3v) is 15.1. The van der Waals surface area contributed by atoms with Gasteiger partial charge in [-0.25, -0.2) is 14.8 Å². The maximum Gasteiger partial charge on any atom is 0.329 e. The standard InChI is InChI=1S/C51H61N11O4/c1-33-29-59(30-35-4-10-43-45(26-35)57(3)51(66)62(43)44-11-13-47(63)55-49(44)64)24-25-61(33)31-34-15-22-60(23-16-34)50(65)38-7-5-36(6-8-38)37-17-20-58(21-18-37)32-40-27-42-41(14-19-53-48(42)56(40)2)39-9-12-46(52)54-28-39/h4-10,12,14,19,26-28,33-34,37,44H,11,13,15-18,20-25,29-32H2,1-3H3,(H2,52,54)(H,55,63,64)/t33-,44?/m1/s1. The van der Waals surface area contributed by atoms with Crippen LogP contribution in [-0.2, 0) is 36.8 Å². The monoisotopic (exact) mass is 891 g/mol. The number of likely N-dealkylation sites (tertiary alicyclic amines) is 2. The van der Waals surface area contributed by atoms with Crippen LogP contribution in [0.15, 0.2) is 83.9 Å². The van der Waals surface area contributed by atoms with Crippen molar-refractivity contribution in [1.29, 1.82) is 0 Å². The number of nitrogens with zero attached hydrogens (tertiary/aromatic N) is 9. The number of hydrogen-bond acceptors (Lipinski definition) is 10. The largest absolute Gasteiger partial charge is 0.384 e. The molecule has 3 amide bonds. The van der Waals surface area contributed by atoms with Gasteiger partial charge in [0, 0.05) is 114 Å². The zero-order valence-corrected chi connectivity index (χ0v) is 38.4. The minimum absolute atomic E-state index is 0.142. The zero-order chi connectivity index (χ0) is 45.6. The number of rotatable bonds is 10. The molecule has 8 heterocycles. The van der Waals surface area contributed by atoms with E-state index in [1.54, 1.807) is 11.6 Å². The summed E-state index contributed by atoms with van der Waals surface area (Å²) in [7, 11) is 3.84. The van der Waals surface area contributed by atoms with Gasteiger partial charge in [-0.2, -0.15) is 0 Å². The van der Waals surface area contributed by atoms with Gasteiger partial charge in [0.25, 0.3) is 5.91 Å². The first kappa shape index (κ1) is 43.7. The van der Waals surface area contributed by atoms with Crippen molar-refractivity contribution in [2.75, 3.05) is 58.1 Å². The van der Waals surface area contributed by atoms with E-state index in [1.165, 1.54) is 15.8 Å². The summed E-state index contributed by atoms with van der Waals surface area (Å²) in [6, 6.07) is 22.4. The number of piperazine rings is 1. The highest BCUT2D eigenvalue weighted by atomic mass is 16.2. The summed E-state index contributed by atoms with van der Waals surface area (Å²) in [6.45, 7) is 11.5. The van der Waals surface area contributed by atoms with Crippen molar-refractivity contribution in [2.24, 2.45) is 20.0 Å². The van der Waals surface area contributed by atoms with E-state index in [0.29, 0.717) is 35.6 Å². The molecule has 2 aromatic carbocycles. The maximum absolute atomic E-state index is 13.7. The normalized spacial score (nSPS) is 21.0. The number of nitrogens with one attached hydrogen (secondary N) is 1. The van der Waals surface area contributed by atoms with Crippen LogP contribution in [0.2, 0.25) is 0 Å². The van der Waals surface area contributed by atoms with Crippen LogP contribution < -0.4 is 16.7 Å². The number of amides is 3. The van der Waals surface area contributed by atoms with Crippen LogP contribution in [0, 0.1) is 5.92 Å². The van der Waals surface area contributed by atoms with Gasteiger partial charge in [-0.05, 0) is 129 Å². The number of hydrogen-bond donors (Lipinski definition) is 2. The molecule has 0 aliphatic carbocycles. The van der Waals surface area contributed by atoms with Crippen molar-refractivity contribution in [3.63, 3.8) is 0 Å². The Morgan fingerprint density at radius 1 is 0.788 bits per heavy atom. The van der Waals surface area contributed by atoms with Crippen molar-refractivity contribution >= 4 is 45.6 Å². The molecule has 4 aliphatic rings. The highest BCUT2D eigenvalue weighted by Gasteiger charge is 2.33. The van der Waals surface area contributed by atoms with Gasteiger partial charge < -0.3 is 15.2 Å². The van der Waals surface area contributed by atoms with E-state index in [9.17, 15) is 19.2 Å². The van der Waals surface area contributed by atoms with Gasteiger partial charge in [0.15, 0.2) is 0 Å². The number of benzene rings is 2. The predicted molar refractivity (Wildman–Crippen MR) is 256 cm³/mol. The number of anilines is 1. The molecule has 4 aromatic heterocycles. The molecule has 344 valence electrons. The number of aryl methyl sites for hydroxylation is 2. The maximum atomic E-state index is 13.7. The number of carbonyl (C=O) groups excluding carboxylic acids is 3.